The average Bonchev–Trinajstić information content (AvgIpc) is 3.64. The third-order valence-electron chi connectivity index (χ3n) is 5.72. The summed E-state index contributed by atoms with van der Waals surface area (Å²) in [5.74, 6) is 1.32. The molecule has 2 aromatic rings. The summed E-state index contributed by atoms with van der Waals surface area (Å²) in [4.78, 5) is 27.4. The van der Waals surface area contributed by atoms with Crippen LogP contribution in [0.3, 0.4) is 0 Å². The lowest BCUT2D eigenvalue weighted by Gasteiger charge is -2.23. The Hall–Kier alpha value is -3.02. The Morgan fingerprint density at radius 1 is 0.900 bits per heavy atom. The molecule has 156 valence electrons. The van der Waals surface area contributed by atoms with Gasteiger partial charge in [-0.25, -0.2) is 0 Å². The molecule has 2 aromatic carbocycles. The lowest BCUT2D eigenvalue weighted by atomic mass is 10.1. The Bertz CT molecular complexity index is 948. The number of benzene rings is 2. The van der Waals surface area contributed by atoms with Crippen LogP contribution in [0.25, 0.3) is 0 Å². The second kappa shape index (κ2) is 8.01. The maximum atomic E-state index is 13.3. The number of rotatable bonds is 6. The monoisotopic (exact) mass is 406 g/mol. The lowest BCUT2D eigenvalue weighted by molar-refractivity contribution is 0.0729. The molecule has 1 N–H and O–H groups in total. The van der Waals surface area contributed by atoms with Gasteiger partial charge in [-0.3, -0.25) is 9.59 Å². The molecule has 0 bridgehead atoms. The number of ether oxygens (including phenoxy) is 2. The molecule has 6 heteroatoms. The van der Waals surface area contributed by atoms with Crippen molar-refractivity contribution >= 4 is 11.8 Å². The molecule has 0 aromatic heterocycles. The van der Waals surface area contributed by atoms with E-state index in [0.29, 0.717) is 48.4 Å². The molecular weight excluding hydrogens is 380 g/mol. The fraction of sp³-hybridized carbons (Fsp3) is 0.417. The van der Waals surface area contributed by atoms with Crippen molar-refractivity contribution in [1.29, 1.82) is 0 Å². The molecule has 2 saturated carbocycles. The van der Waals surface area contributed by atoms with Crippen molar-refractivity contribution in [3.63, 3.8) is 0 Å². The first-order valence-electron chi connectivity index (χ1n) is 10.8. The highest BCUT2D eigenvalue weighted by atomic mass is 16.5. The number of hydrogen-bond donors (Lipinski definition) is 1. The van der Waals surface area contributed by atoms with Crippen molar-refractivity contribution in [3.05, 3.63) is 59.2 Å². The van der Waals surface area contributed by atoms with Crippen LogP contribution >= 0.6 is 0 Å². The number of amides is 2. The van der Waals surface area contributed by atoms with Crippen molar-refractivity contribution in [2.45, 2.75) is 50.7 Å². The summed E-state index contributed by atoms with van der Waals surface area (Å²) in [7, 11) is 0. The van der Waals surface area contributed by atoms with Crippen LogP contribution < -0.4 is 14.8 Å². The molecule has 3 aliphatic rings. The van der Waals surface area contributed by atoms with Gasteiger partial charge in [0.15, 0.2) is 11.5 Å². The van der Waals surface area contributed by atoms with E-state index in [0.717, 1.165) is 37.7 Å². The summed E-state index contributed by atoms with van der Waals surface area (Å²) in [5.41, 5.74) is 2.30. The molecule has 2 amide bonds. The molecule has 0 radical (unpaired) electrons. The van der Waals surface area contributed by atoms with E-state index < -0.39 is 0 Å². The van der Waals surface area contributed by atoms with Crippen LogP contribution in [-0.4, -0.2) is 42.0 Å². The van der Waals surface area contributed by atoms with E-state index in [1.807, 2.05) is 41.3 Å². The van der Waals surface area contributed by atoms with Gasteiger partial charge in [0.05, 0.1) is 13.2 Å². The second-order valence-electron chi connectivity index (χ2n) is 8.32. The minimum atomic E-state index is -0.0219. The molecule has 6 nitrogen and oxygen atoms in total. The number of fused-ring (bicyclic) bond motifs is 1. The van der Waals surface area contributed by atoms with Gasteiger partial charge in [0, 0.05) is 36.2 Å². The Labute approximate surface area is 176 Å². The fourth-order valence-electron chi connectivity index (χ4n) is 3.67. The summed E-state index contributed by atoms with van der Waals surface area (Å²) < 4.78 is 11.4. The van der Waals surface area contributed by atoms with E-state index in [2.05, 4.69) is 5.32 Å². The van der Waals surface area contributed by atoms with Crippen molar-refractivity contribution < 1.29 is 19.1 Å². The third kappa shape index (κ3) is 4.27. The van der Waals surface area contributed by atoms with Gasteiger partial charge in [-0.1, -0.05) is 12.1 Å². The number of carbonyl (C=O) groups is 2. The molecule has 2 aliphatic carbocycles. The van der Waals surface area contributed by atoms with Crippen LogP contribution in [0.1, 0.15) is 58.4 Å². The maximum Gasteiger partial charge on any atom is 0.254 e. The van der Waals surface area contributed by atoms with E-state index in [1.165, 1.54) is 0 Å². The van der Waals surface area contributed by atoms with E-state index >= 15 is 0 Å². The van der Waals surface area contributed by atoms with Crippen LogP contribution in [-0.2, 0) is 6.54 Å². The van der Waals surface area contributed by atoms with Gasteiger partial charge < -0.3 is 19.7 Å². The topological polar surface area (TPSA) is 67.9 Å². The van der Waals surface area contributed by atoms with Gasteiger partial charge in [0.1, 0.15) is 0 Å². The zero-order chi connectivity index (χ0) is 20.5. The zero-order valence-electron chi connectivity index (χ0n) is 16.9. The minimum Gasteiger partial charge on any atom is -0.490 e. The largest absolute Gasteiger partial charge is 0.490 e. The summed E-state index contributed by atoms with van der Waals surface area (Å²) in [6, 6.07) is 13.6. The summed E-state index contributed by atoms with van der Waals surface area (Å²) >= 11 is 0. The van der Waals surface area contributed by atoms with Crippen LogP contribution in [0, 0.1) is 0 Å². The predicted molar refractivity (Wildman–Crippen MR) is 112 cm³/mol. The van der Waals surface area contributed by atoms with Crippen LogP contribution in [0.4, 0.5) is 0 Å². The highest BCUT2D eigenvalue weighted by molar-refractivity contribution is 5.96. The van der Waals surface area contributed by atoms with Crippen molar-refractivity contribution in [2.24, 2.45) is 0 Å². The highest BCUT2D eigenvalue weighted by Crippen LogP contribution is 2.34. The summed E-state index contributed by atoms with van der Waals surface area (Å²) in [6.07, 6.45) is 5.03. The number of nitrogens with zero attached hydrogens (tertiary/aromatic N) is 1. The first kappa shape index (κ1) is 19.0. The predicted octanol–water partition coefficient (Wildman–Crippen LogP) is 3.54. The van der Waals surface area contributed by atoms with E-state index in [-0.39, 0.29) is 17.9 Å². The van der Waals surface area contributed by atoms with Gasteiger partial charge in [0.25, 0.3) is 11.8 Å². The van der Waals surface area contributed by atoms with Crippen molar-refractivity contribution in [3.8, 4) is 11.5 Å². The molecule has 0 saturated heterocycles. The number of nitrogens with one attached hydrogen (secondary N) is 1. The molecule has 30 heavy (non-hydrogen) atoms. The Morgan fingerprint density at radius 3 is 2.30 bits per heavy atom. The van der Waals surface area contributed by atoms with Gasteiger partial charge in [0.2, 0.25) is 0 Å². The van der Waals surface area contributed by atoms with E-state index in [9.17, 15) is 9.59 Å². The minimum absolute atomic E-state index is 0.00343. The van der Waals surface area contributed by atoms with Crippen LogP contribution in [0.2, 0.25) is 0 Å². The molecule has 2 fully saturated rings. The van der Waals surface area contributed by atoms with Crippen molar-refractivity contribution in [1.82, 2.24) is 10.2 Å². The molecule has 0 spiro atoms. The average molecular weight is 406 g/mol. The third-order valence-corrected chi connectivity index (χ3v) is 5.72. The van der Waals surface area contributed by atoms with Crippen LogP contribution in [0.5, 0.6) is 11.5 Å². The van der Waals surface area contributed by atoms with E-state index in [1.54, 1.807) is 6.07 Å². The Kier molecular flexibility index (Phi) is 5.07. The smallest absolute Gasteiger partial charge is 0.254 e. The van der Waals surface area contributed by atoms with Gasteiger partial charge in [-0.2, -0.15) is 0 Å². The molecule has 5 rings (SSSR count). The quantitative estimate of drug-likeness (QED) is 0.797. The normalized spacial score (nSPS) is 17.7. The van der Waals surface area contributed by atoms with E-state index in [4.69, 9.17) is 9.47 Å². The van der Waals surface area contributed by atoms with Crippen molar-refractivity contribution in [2.75, 3.05) is 13.2 Å². The molecule has 1 aliphatic heterocycles. The summed E-state index contributed by atoms with van der Waals surface area (Å²) in [5, 5.41) is 3.00. The first-order valence-corrected chi connectivity index (χ1v) is 10.8. The molecular formula is C24H26N2O4. The lowest BCUT2D eigenvalue weighted by Crippen LogP contribution is -2.32. The molecule has 0 unspecified atom stereocenters. The first-order chi connectivity index (χ1) is 14.7. The highest BCUT2D eigenvalue weighted by Gasteiger charge is 2.33. The Morgan fingerprint density at radius 2 is 1.60 bits per heavy atom. The molecule has 1 heterocycles. The number of carbonyl (C=O) groups excluding carboxylic acids is 2. The number of hydrogen-bond acceptors (Lipinski definition) is 4. The Balaban J connectivity index is 1.30. The van der Waals surface area contributed by atoms with Gasteiger partial charge in [-0.15, -0.1) is 0 Å². The van der Waals surface area contributed by atoms with Gasteiger partial charge in [-0.05, 0) is 61.6 Å². The molecule has 0 atom stereocenters. The standard InChI is InChI=1S/C24H26N2O4/c27-23(25-19-7-8-19)17-4-2-16(3-5-17)15-26(20-9-10-20)24(28)18-6-11-21-22(14-18)30-13-1-12-29-21/h2-6,11,14,19-20H,1,7-10,12-13,15H2,(H,25,27). The fourth-order valence-corrected chi connectivity index (χ4v) is 3.67. The van der Waals surface area contributed by atoms with Gasteiger partial charge >= 0.3 is 0 Å². The SMILES string of the molecule is O=C(NC1CC1)c1ccc(CN(C(=O)c2ccc3c(c2)OCCCO3)C2CC2)cc1. The zero-order valence-corrected chi connectivity index (χ0v) is 16.9. The second-order valence-corrected chi connectivity index (χ2v) is 8.32. The summed E-state index contributed by atoms with van der Waals surface area (Å²) in [6.45, 7) is 1.75. The maximum absolute atomic E-state index is 13.3. The van der Waals surface area contributed by atoms with Crippen LogP contribution in [0.15, 0.2) is 42.5 Å².